The van der Waals surface area contributed by atoms with E-state index in [1.807, 2.05) is 12.3 Å². The lowest BCUT2D eigenvalue weighted by Gasteiger charge is -2.18. The van der Waals surface area contributed by atoms with Crippen molar-refractivity contribution in [2.45, 2.75) is 13.5 Å². The van der Waals surface area contributed by atoms with Gasteiger partial charge in [-0.2, -0.15) is 0 Å². The van der Waals surface area contributed by atoms with E-state index in [4.69, 9.17) is 14.2 Å². The van der Waals surface area contributed by atoms with Crippen molar-refractivity contribution in [3.05, 3.63) is 63.6 Å². The topological polar surface area (TPSA) is 90.0 Å². The molecule has 0 unspecified atom stereocenters. The molecule has 0 saturated carbocycles. The first-order chi connectivity index (χ1) is 15.3. The Kier molecular flexibility index (Phi) is 7.32. The Labute approximate surface area is 190 Å². The average molecular weight is 456 g/mol. The summed E-state index contributed by atoms with van der Waals surface area (Å²) in [5.74, 6) is 0.661. The smallest absolute Gasteiger partial charge is 0.255 e. The van der Waals surface area contributed by atoms with Crippen molar-refractivity contribution in [1.82, 2.24) is 9.88 Å². The Hall–Kier alpha value is -3.59. The van der Waals surface area contributed by atoms with Crippen molar-refractivity contribution >= 4 is 28.8 Å². The number of hydrogen-bond acceptors (Lipinski definition) is 7. The summed E-state index contributed by atoms with van der Waals surface area (Å²) in [6, 6.07) is 9.93. The van der Waals surface area contributed by atoms with E-state index in [9.17, 15) is 9.59 Å². The zero-order valence-corrected chi connectivity index (χ0v) is 19.4. The summed E-state index contributed by atoms with van der Waals surface area (Å²) in [4.78, 5) is 31.4. The predicted molar refractivity (Wildman–Crippen MR) is 123 cm³/mol. The van der Waals surface area contributed by atoms with Gasteiger partial charge in [-0.05, 0) is 31.2 Å². The number of thiazole rings is 1. The van der Waals surface area contributed by atoms with Crippen molar-refractivity contribution < 1.29 is 23.8 Å². The molecule has 1 N–H and O–H groups in total. The highest BCUT2D eigenvalue weighted by molar-refractivity contribution is 7.09. The lowest BCUT2D eigenvalue weighted by Crippen LogP contribution is -2.24. The second-order valence-electron chi connectivity index (χ2n) is 7.08. The van der Waals surface area contributed by atoms with E-state index in [0.717, 1.165) is 10.7 Å². The highest BCUT2D eigenvalue weighted by Crippen LogP contribution is 2.34. The minimum atomic E-state index is -0.389. The van der Waals surface area contributed by atoms with Gasteiger partial charge in [-0.25, -0.2) is 4.98 Å². The molecule has 0 bridgehead atoms. The first kappa shape index (κ1) is 23.1. The molecule has 3 aromatic rings. The van der Waals surface area contributed by atoms with Gasteiger partial charge in [0.1, 0.15) is 12.4 Å². The fourth-order valence-electron chi connectivity index (χ4n) is 2.95. The molecule has 1 heterocycles. The number of nitrogens with one attached hydrogen (secondary N) is 1. The Morgan fingerprint density at radius 2 is 1.81 bits per heavy atom. The molecule has 9 heteroatoms. The fraction of sp³-hybridized carbons (Fsp3) is 0.261. The molecule has 8 nitrogen and oxygen atoms in total. The number of ether oxygens (including phenoxy) is 3. The molecule has 0 fully saturated rings. The highest BCUT2D eigenvalue weighted by Gasteiger charge is 2.20. The maximum atomic E-state index is 13.0. The number of carbonyl (C=O) groups is 2. The van der Waals surface area contributed by atoms with E-state index in [1.165, 1.54) is 19.1 Å². The van der Waals surface area contributed by atoms with Gasteiger partial charge in [0.05, 0.1) is 36.2 Å². The molecular formula is C23H25N3O5S. The van der Waals surface area contributed by atoms with Crippen LogP contribution in [-0.4, -0.2) is 50.0 Å². The van der Waals surface area contributed by atoms with Gasteiger partial charge in [0.2, 0.25) is 0 Å². The van der Waals surface area contributed by atoms with Gasteiger partial charge in [0, 0.05) is 31.1 Å². The molecule has 0 spiro atoms. The van der Waals surface area contributed by atoms with E-state index >= 15 is 0 Å². The largest absolute Gasteiger partial charge is 0.493 e. The SMILES string of the molecule is COc1cc(NC(=O)c2cccc(OCc3csc(C)n3)c2)c(C(=O)N(C)C)cc1OC. The van der Waals surface area contributed by atoms with E-state index in [0.29, 0.717) is 35.1 Å². The molecule has 0 aliphatic rings. The van der Waals surface area contributed by atoms with Crippen LogP contribution in [0.15, 0.2) is 41.8 Å². The molecule has 0 atom stereocenters. The van der Waals surface area contributed by atoms with Crippen molar-refractivity contribution in [2.75, 3.05) is 33.6 Å². The second-order valence-corrected chi connectivity index (χ2v) is 8.14. The van der Waals surface area contributed by atoms with Gasteiger partial charge in [-0.3, -0.25) is 9.59 Å². The van der Waals surface area contributed by atoms with E-state index in [1.54, 1.807) is 61.8 Å². The van der Waals surface area contributed by atoms with Crippen LogP contribution in [0, 0.1) is 6.92 Å². The van der Waals surface area contributed by atoms with Crippen molar-refractivity contribution in [1.29, 1.82) is 0 Å². The summed E-state index contributed by atoms with van der Waals surface area (Å²) >= 11 is 1.55. The number of hydrogen-bond donors (Lipinski definition) is 1. The summed E-state index contributed by atoms with van der Waals surface area (Å²) in [5, 5.41) is 5.71. The Balaban J connectivity index is 1.83. The number of methoxy groups -OCH3 is 2. The van der Waals surface area contributed by atoms with Crippen LogP contribution in [0.1, 0.15) is 31.4 Å². The monoisotopic (exact) mass is 455 g/mol. The number of carbonyl (C=O) groups excluding carboxylic acids is 2. The number of anilines is 1. The maximum Gasteiger partial charge on any atom is 0.255 e. The summed E-state index contributed by atoms with van der Waals surface area (Å²) in [6.07, 6.45) is 0. The van der Waals surface area contributed by atoms with Gasteiger partial charge in [0.15, 0.2) is 11.5 Å². The van der Waals surface area contributed by atoms with Gasteiger partial charge in [-0.15, -0.1) is 11.3 Å². The Morgan fingerprint density at radius 3 is 2.44 bits per heavy atom. The van der Waals surface area contributed by atoms with Crippen LogP contribution in [0.5, 0.6) is 17.2 Å². The highest BCUT2D eigenvalue weighted by atomic mass is 32.1. The van der Waals surface area contributed by atoms with Gasteiger partial charge in [0.25, 0.3) is 11.8 Å². The number of benzene rings is 2. The first-order valence-corrected chi connectivity index (χ1v) is 10.6. The van der Waals surface area contributed by atoms with Crippen LogP contribution in [0.25, 0.3) is 0 Å². The van der Waals surface area contributed by atoms with Gasteiger partial charge in [-0.1, -0.05) is 6.07 Å². The lowest BCUT2D eigenvalue weighted by atomic mass is 10.1. The lowest BCUT2D eigenvalue weighted by molar-refractivity contribution is 0.0828. The zero-order chi connectivity index (χ0) is 23.3. The van der Waals surface area contributed by atoms with Crippen LogP contribution < -0.4 is 19.5 Å². The number of amides is 2. The summed E-state index contributed by atoms with van der Waals surface area (Å²) in [6.45, 7) is 2.25. The van der Waals surface area contributed by atoms with Crippen LogP contribution in [0.3, 0.4) is 0 Å². The quantitative estimate of drug-likeness (QED) is 0.552. The summed E-state index contributed by atoms with van der Waals surface area (Å²) in [5.41, 5.74) is 1.82. The maximum absolute atomic E-state index is 13.0. The molecule has 3 rings (SSSR count). The molecule has 2 amide bonds. The molecule has 1 aromatic heterocycles. The number of nitrogens with zero attached hydrogens (tertiary/aromatic N) is 2. The Bertz CT molecular complexity index is 1130. The predicted octanol–water partition coefficient (Wildman–Crippen LogP) is 4.00. The third kappa shape index (κ3) is 5.36. The Morgan fingerprint density at radius 1 is 1.09 bits per heavy atom. The third-order valence-corrected chi connectivity index (χ3v) is 5.38. The molecule has 0 aliphatic heterocycles. The number of aryl methyl sites for hydroxylation is 1. The third-order valence-electron chi connectivity index (χ3n) is 4.56. The van der Waals surface area contributed by atoms with E-state index in [-0.39, 0.29) is 17.4 Å². The molecule has 0 aliphatic carbocycles. The van der Waals surface area contributed by atoms with Crippen molar-refractivity contribution in [3.8, 4) is 17.2 Å². The van der Waals surface area contributed by atoms with Gasteiger partial charge >= 0.3 is 0 Å². The minimum Gasteiger partial charge on any atom is -0.493 e. The molecule has 0 saturated heterocycles. The molecule has 0 radical (unpaired) electrons. The fourth-order valence-corrected chi connectivity index (χ4v) is 3.55. The van der Waals surface area contributed by atoms with E-state index in [2.05, 4.69) is 10.3 Å². The summed E-state index contributed by atoms with van der Waals surface area (Å²) in [7, 11) is 6.24. The normalized spacial score (nSPS) is 10.4. The molecule has 2 aromatic carbocycles. The molecular weight excluding hydrogens is 430 g/mol. The average Bonchev–Trinajstić information content (AvgIpc) is 3.22. The summed E-state index contributed by atoms with van der Waals surface area (Å²) < 4.78 is 16.4. The first-order valence-electron chi connectivity index (χ1n) is 9.75. The minimum absolute atomic E-state index is 0.281. The zero-order valence-electron chi connectivity index (χ0n) is 18.6. The van der Waals surface area contributed by atoms with E-state index < -0.39 is 0 Å². The van der Waals surface area contributed by atoms with Crippen LogP contribution in [-0.2, 0) is 6.61 Å². The van der Waals surface area contributed by atoms with Crippen LogP contribution in [0.4, 0.5) is 5.69 Å². The molecule has 168 valence electrons. The molecule has 32 heavy (non-hydrogen) atoms. The standard InChI is InChI=1S/C23H25N3O5S/c1-14-24-16(13-32-14)12-31-17-8-6-7-15(9-17)22(27)25-19-11-21(30-5)20(29-4)10-18(19)23(28)26(2)3/h6-11,13H,12H2,1-5H3,(H,25,27). The van der Waals surface area contributed by atoms with Crippen molar-refractivity contribution in [3.63, 3.8) is 0 Å². The number of rotatable bonds is 8. The van der Waals surface area contributed by atoms with Gasteiger partial charge < -0.3 is 24.4 Å². The second kappa shape index (κ2) is 10.1. The van der Waals surface area contributed by atoms with Crippen LogP contribution in [0.2, 0.25) is 0 Å². The van der Waals surface area contributed by atoms with Crippen LogP contribution >= 0.6 is 11.3 Å². The van der Waals surface area contributed by atoms with Crippen molar-refractivity contribution in [2.24, 2.45) is 0 Å². The number of aromatic nitrogens is 1.